The molecule has 4 unspecified atom stereocenters. The lowest BCUT2D eigenvalue weighted by atomic mass is 9.78. The van der Waals surface area contributed by atoms with E-state index in [1.165, 1.54) is 0 Å². The van der Waals surface area contributed by atoms with Crippen molar-refractivity contribution in [1.82, 2.24) is 10.6 Å². The summed E-state index contributed by atoms with van der Waals surface area (Å²) in [6, 6.07) is -1.28. The molecule has 2 N–H and O–H groups in total. The molecular formula is C12H21F3N2. The summed E-state index contributed by atoms with van der Waals surface area (Å²) in [5.41, 5.74) is 0. The number of nitrogens with one attached hydrogen (secondary N) is 2. The van der Waals surface area contributed by atoms with E-state index in [1.54, 1.807) is 0 Å². The SMILES string of the molecule is CC1CNCC(C2CCC(C(F)(F)F)NC2)C1. The minimum Gasteiger partial charge on any atom is -0.316 e. The molecule has 0 amide bonds. The summed E-state index contributed by atoms with van der Waals surface area (Å²) < 4.78 is 37.5. The van der Waals surface area contributed by atoms with Crippen LogP contribution >= 0.6 is 0 Å². The van der Waals surface area contributed by atoms with Gasteiger partial charge in [-0.3, -0.25) is 0 Å². The monoisotopic (exact) mass is 250 g/mol. The molecule has 0 aliphatic carbocycles. The van der Waals surface area contributed by atoms with Gasteiger partial charge in [-0.2, -0.15) is 13.2 Å². The Balaban J connectivity index is 1.82. The van der Waals surface area contributed by atoms with E-state index in [0.29, 0.717) is 30.7 Å². The molecule has 2 nitrogen and oxygen atoms in total. The number of halogens is 3. The molecule has 0 saturated carbocycles. The molecule has 2 fully saturated rings. The molecule has 0 aromatic carbocycles. The first-order chi connectivity index (χ1) is 7.97. The van der Waals surface area contributed by atoms with Crippen LogP contribution in [-0.2, 0) is 0 Å². The van der Waals surface area contributed by atoms with Crippen molar-refractivity contribution < 1.29 is 13.2 Å². The van der Waals surface area contributed by atoms with Crippen molar-refractivity contribution in [3.63, 3.8) is 0 Å². The summed E-state index contributed by atoms with van der Waals surface area (Å²) in [5.74, 6) is 1.60. The second-order valence-corrected chi connectivity index (χ2v) is 5.60. The molecular weight excluding hydrogens is 229 g/mol. The van der Waals surface area contributed by atoms with Crippen molar-refractivity contribution in [2.24, 2.45) is 17.8 Å². The Morgan fingerprint density at radius 3 is 2.29 bits per heavy atom. The van der Waals surface area contributed by atoms with Crippen LogP contribution in [-0.4, -0.2) is 31.9 Å². The molecule has 0 bridgehead atoms. The third-order valence-corrected chi connectivity index (χ3v) is 4.12. The number of piperidine rings is 2. The Morgan fingerprint density at radius 2 is 1.76 bits per heavy atom. The van der Waals surface area contributed by atoms with Crippen molar-refractivity contribution in [2.75, 3.05) is 19.6 Å². The van der Waals surface area contributed by atoms with Gasteiger partial charge in [0.15, 0.2) is 0 Å². The van der Waals surface area contributed by atoms with E-state index in [-0.39, 0.29) is 6.42 Å². The Hall–Kier alpha value is -0.290. The smallest absolute Gasteiger partial charge is 0.316 e. The Kier molecular flexibility index (Phi) is 3.98. The number of hydrogen-bond donors (Lipinski definition) is 2. The van der Waals surface area contributed by atoms with Crippen LogP contribution in [0.1, 0.15) is 26.2 Å². The number of rotatable bonds is 1. The highest BCUT2D eigenvalue weighted by Crippen LogP contribution is 2.33. The molecule has 5 heteroatoms. The van der Waals surface area contributed by atoms with Crippen LogP contribution in [0.15, 0.2) is 0 Å². The van der Waals surface area contributed by atoms with Gasteiger partial charge < -0.3 is 10.6 Å². The fourth-order valence-electron chi connectivity index (χ4n) is 3.12. The van der Waals surface area contributed by atoms with E-state index in [9.17, 15) is 13.2 Å². The largest absolute Gasteiger partial charge is 0.403 e. The van der Waals surface area contributed by atoms with Crippen LogP contribution in [0.5, 0.6) is 0 Å². The topological polar surface area (TPSA) is 24.1 Å². The fraction of sp³-hybridized carbons (Fsp3) is 1.00. The molecule has 2 heterocycles. The normalized spacial score (nSPS) is 40.2. The highest BCUT2D eigenvalue weighted by atomic mass is 19.4. The fourth-order valence-corrected chi connectivity index (χ4v) is 3.12. The maximum atomic E-state index is 12.5. The van der Waals surface area contributed by atoms with Crippen LogP contribution < -0.4 is 10.6 Å². The Morgan fingerprint density at radius 1 is 1.00 bits per heavy atom. The highest BCUT2D eigenvalue weighted by Gasteiger charge is 2.42. The average Bonchev–Trinajstić information content (AvgIpc) is 2.28. The maximum Gasteiger partial charge on any atom is 0.403 e. The summed E-state index contributed by atoms with van der Waals surface area (Å²) in [7, 11) is 0. The van der Waals surface area contributed by atoms with Gasteiger partial charge in [-0.15, -0.1) is 0 Å². The molecule has 0 aromatic rings. The maximum absolute atomic E-state index is 12.5. The molecule has 0 radical (unpaired) electrons. The summed E-state index contributed by atoms with van der Waals surface area (Å²) in [5, 5.41) is 6.04. The molecule has 4 atom stereocenters. The first-order valence-corrected chi connectivity index (χ1v) is 6.47. The molecule has 2 aliphatic rings. The van der Waals surface area contributed by atoms with Gasteiger partial charge in [0.2, 0.25) is 0 Å². The van der Waals surface area contributed by atoms with E-state index in [0.717, 1.165) is 19.5 Å². The van der Waals surface area contributed by atoms with Crippen LogP contribution in [0.3, 0.4) is 0 Å². The lowest BCUT2D eigenvalue weighted by molar-refractivity contribution is -0.163. The van der Waals surface area contributed by atoms with Crippen molar-refractivity contribution in [1.29, 1.82) is 0 Å². The third kappa shape index (κ3) is 3.35. The summed E-state index contributed by atoms with van der Waals surface area (Å²) in [6.07, 6.45) is -1.99. The molecule has 0 spiro atoms. The van der Waals surface area contributed by atoms with Crippen LogP contribution in [0.4, 0.5) is 13.2 Å². The zero-order valence-corrected chi connectivity index (χ0v) is 10.2. The van der Waals surface area contributed by atoms with Crippen molar-refractivity contribution in [3.8, 4) is 0 Å². The van der Waals surface area contributed by atoms with Crippen molar-refractivity contribution in [3.05, 3.63) is 0 Å². The summed E-state index contributed by atoms with van der Waals surface area (Å²) >= 11 is 0. The van der Waals surface area contributed by atoms with Gasteiger partial charge in [0.25, 0.3) is 0 Å². The zero-order chi connectivity index (χ0) is 12.5. The third-order valence-electron chi connectivity index (χ3n) is 4.12. The van der Waals surface area contributed by atoms with E-state index in [4.69, 9.17) is 0 Å². The van der Waals surface area contributed by atoms with E-state index in [1.807, 2.05) is 0 Å². The Bertz CT molecular complexity index is 247. The van der Waals surface area contributed by atoms with E-state index < -0.39 is 12.2 Å². The minimum absolute atomic E-state index is 0.235. The molecule has 2 saturated heterocycles. The van der Waals surface area contributed by atoms with Gasteiger partial charge in [0.1, 0.15) is 6.04 Å². The van der Waals surface area contributed by atoms with Gasteiger partial charge in [0.05, 0.1) is 0 Å². The quantitative estimate of drug-likeness (QED) is 0.745. The van der Waals surface area contributed by atoms with Gasteiger partial charge in [0, 0.05) is 0 Å². The summed E-state index contributed by atoms with van der Waals surface area (Å²) in [4.78, 5) is 0. The first kappa shape index (κ1) is 13.1. The van der Waals surface area contributed by atoms with E-state index in [2.05, 4.69) is 17.6 Å². The molecule has 100 valence electrons. The molecule has 17 heavy (non-hydrogen) atoms. The van der Waals surface area contributed by atoms with Gasteiger partial charge in [-0.05, 0) is 56.7 Å². The van der Waals surface area contributed by atoms with Crippen molar-refractivity contribution >= 4 is 0 Å². The Labute approximate surface area is 100 Å². The summed E-state index contributed by atoms with van der Waals surface area (Å²) in [6.45, 7) is 4.73. The lowest BCUT2D eigenvalue weighted by Crippen LogP contribution is -2.51. The standard InChI is InChI=1S/C12H21F3N2/c1-8-4-10(6-16-5-8)9-2-3-11(17-7-9)12(13,14)15/h8-11,16-17H,2-7H2,1H3. The van der Waals surface area contributed by atoms with Crippen LogP contribution in [0.2, 0.25) is 0 Å². The minimum atomic E-state index is -4.08. The predicted octanol–water partition coefficient (Wildman–Crippen LogP) is 2.16. The average molecular weight is 250 g/mol. The molecule has 2 rings (SSSR count). The molecule has 2 aliphatic heterocycles. The second-order valence-electron chi connectivity index (χ2n) is 5.60. The van der Waals surface area contributed by atoms with Crippen molar-refractivity contribution in [2.45, 2.75) is 38.4 Å². The van der Waals surface area contributed by atoms with Crippen LogP contribution in [0, 0.1) is 17.8 Å². The second kappa shape index (κ2) is 5.14. The van der Waals surface area contributed by atoms with E-state index >= 15 is 0 Å². The highest BCUT2D eigenvalue weighted by molar-refractivity contribution is 4.88. The van der Waals surface area contributed by atoms with Crippen LogP contribution in [0.25, 0.3) is 0 Å². The first-order valence-electron chi connectivity index (χ1n) is 6.47. The van der Waals surface area contributed by atoms with Gasteiger partial charge in [-0.25, -0.2) is 0 Å². The lowest BCUT2D eigenvalue weighted by Gasteiger charge is -2.38. The zero-order valence-electron chi connectivity index (χ0n) is 10.2. The van der Waals surface area contributed by atoms with Gasteiger partial charge >= 0.3 is 6.18 Å². The number of alkyl halides is 3. The predicted molar refractivity (Wildman–Crippen MR) is 60.7 cm³/mol. The van der Waals surface area contributed by atoms with Gasteiger partial charge in [-0.1, -0.05) is 6.92 Å². The number of hydrogen-bond acceptors (Lipinski definition) is 2. The molecule has 0 aromatic heterocycles.